The molecule has 0 amide bonds. The zero-order chi connectivity index (χ0) is 47.8. The predicted octanol–water partition coefficient (Wildman–Crippen LogP) is 18.2. The SMILES string of the molecule is C#CC/C(=C\C=C1\C=CCC1)N(c1ccc2c(c1)CC=C2)C(C)/C=C\Cc1ccc(/C=C/c2ccc(C(/C=C\C)=C/C=C)c3c(-c4ccccc4)cccc23)cc1C(CC)(CC)C(=C)C.CC. The molecule has 1 nitrogen and oxygen atoms in total. The van der Waals surface area contributed by atoms with Gasteiger partial charge in [-0.2, -0.15) is 0 Å². The summed E-state index contributed by atoms with van der Waals surface area (Å²) in [4.78, 5) is 2.44. The molecule has 1 unspecified atom stereocenters. The van der Waals surface area contributed by atoms with Gasteiger partial charge in [0.15, 0.2) is 0 Å². The summed E-state index contributed by atoms with van der Waals surface area (Å²) in [5.41, 5.74) is 17.2. The lowest BCUT2D eigenvalue weighted by Crippen LogP contribution is -2.31. The molecule has 0 spiro atoms. The summed E-state index contributed by atoms with van der Waals surface area (Å²) in [5.74, 6) is 2.97. The van der Waals surface area contributed by atoms with Crippen LogP contribution in [0.2, 0.25) is 0 Å². The molecular formula is C66H71N. The highest BCUT2D eigenvalue weighted by Gasteiger charge is 2.31. The number of hydrogen-bond donors (Lipinski definition) is 0. The first-order chi connectivity index (χ1) is 32.7. The third-order valence-corrected chi connectivity index (χ3v) is 13.5. The van der Waals surface area contributed by atoms with Gasteiger partial charge < -0.3 is 4.90 Å². The van der Waals surface area contributed by atoms with Crippen LogP contribution in [0.4, 0.5) is 5.69 Å². The molecule has 7 rings (SSSR count). The third-order valence-electron chi connectivity index (χ3n) is 13.5. The van der Waals surface area contributed by atoms with Crippen LogP contribution < -0.4 is 4.90 Å². The number of benzene rings is 5. The van der Waals surface area contributed by atoms with Gasteiger partial charge >= 0.3 is 0 Å². The molecule has 2 aliphatic carbocycles. The summed E-state index contributed by atoms with van der Waals surface area (Å²) in [7, 11) is 0. The van der Waals surface area contributed by atoms with E-state index in [1.165, 1.54) is 77.7 Å². The molecule has 5 aromatic rings. The van der Waals surface area contributed by atoms with E-state index >= 15 is 0 Å². The summed E-state index contributed by atoms with van der Waals surface area (Å²) in [6, 6.07) is 35.9. The van der Waals surface area contributed by atoms with Crippen LogP contribution in [0.1, 0.15) is 120 Å². The standard InChI is InChI=1S/C64H65N.C2H6/c1-9-22-52(23-10-2)61-44-41-54(60-34-21-33-59(63(60)61)53-28-15-14-16-29-53)38-35-50-36-39-55(62(45-50)64(12-4,13-5)47(6)7)31-19-25-48(8)65(58-43-40-51-30-20-32-56(51)46-58)57(24-11-3)42-37-49-26-17-18-27-49;1-2/h3,9-10,14-17,19-23,25-26,28-30,33-46,48H,1,6,12-13,18,24,27,31-32H2,2,4-5,7-8H3;1-2H3/b23-10-,25-19-,38-35+,49-37-,52-22+,57-42+;. The van der Waals surface area contributed by atoms with Crippen molar-refractivity contribution >= 4 is 40.3 Å². The Kier molecular flexibility index (Phi) is 17.8. The fourth-order valence-electron chi connectivity index (χ4n) is 9.96. The van der Waals surface area contributed by atoms with Crippen LogP contribution >= 0.6 is 0 Å². The van der Waals surface area contributed by atoms with Gasteiger partial charge in [0.25, 0.3) is 0 Å². The Bertz CT molecular complexity index is 2830. The maximum atomic E-state index is 6.06. The van der Waals surface area contributed by atoms with Crippen molar-refractivity contribution in [2.45, 2.75) is 105 Å². The van der Waals surface area contributed by atoms with Gasteiger partial charge in [0.2, 0.25) is 0 Å². The molecule has 0 bridgehead atoms. The zero-order valence-electron chi connectivity index (χ0n) is 41.3. The predicted molar refractivity (Wildman–Crippen MR) is 298 cm³/mol. The first-order valence-corrected chi connectivity index (χ1v) is 24.5. The normalized spacial score (nSPS) is 14.8. The van der Waals surface area contributed by atoms with Crippen molar-refractivity contribution in [3.63, 3.8) is 0 Å². The molecule has 0 aliphatic heterocycles. The van der Waals surface area contributed by atoms with Gasteiger partial charge in [0.05, 0.1) is 0 Å². The van der Waals surface area contributed by atoms with Crippen LogP contribution in [-0.4, -0.2) is 6.04 Å². The van der Waals surface area contributed by atoms with E-state index in [9.17, 15) is 0 Å². The smallest absolute Gasteiger partial charge is 0.0491 e. The Labute approximate surface area is 404 Å². The first-order valence-electron chi connectivity index (χ1n) is 24.5. The second kappa shape index (κ2) is 24.1. The van der Waals surface area contributed by atoms with Gasteiger partial charge in [0, 0.05) is 29.3 Å². The minimum absolute atomic E-state index is 0.0680. The van der Waals surface area contributed by atoms with Crippen LogP contribution in [0.15, 0.2) is 194 Å². The molecule has 0 N–H and O–H groups in total. The Morgan fingerprint density at radius 1 is 0.896 bits per heavy atom. The Balaban J connectivity index is 0.00000365. The third kappa shape index (κ3) is 11.4. The fourth-order valence-corrected chi connectivity index (χ4v) is 9.96. The summed E-state index contributed by atoms with van der Waals surface area (Å²) in [6.45, 7) is 23.8. The molecule has 5 aromatic carbocycles. The van der Waals surface area contributed by atoms with E-state index in [4.69, 9.17) is 6.42 Å². The summed E-state index contributed by atoms with van der Waals surface area (Å²) < 4.78 is 0. The molecule has 67 heavy (non-hydrogen) atoms. The quantitative estimate of drug-likeness (QED) is 0.0367. The lowest BCUT2D eigenvalue weighted by Gasteiger charge is -2.35. The largest absolute Gasteiger partial charge is 0.338 e. The Morgan fingerprint density at radius 2 is 1.70 bits per heavy atom. The molecule has 0 fully saturated rings. The molecule has 340 valence electrons. The first kappa shape index (κ1) is 49.6. The van der Waals surface area contributed by atoms with Crippen LogP contribution in [0.5, 0.6) is 0 Å². The average Bonchev–Trinajstić information content (AvgIpc) is 4.07. The highest BCUT2D eigenvalue weighted by Crippen LogP contribution is 2.42. The number of allylic oxidation sites excluding steroid dienone is 14. The van der Waals surface area contributed by atoms with Crippen molar-refractivity contribution in [3.8, 4) is 23.5 Å². The molecule has 1 heteroatoms. The second-order valence-corrected chi connectivity index (χ2v) is 17.4. The van der Waals surface area contributed by atoms with Crippen molar-refractivity contribution in [2.24, 2.45) is 0 Å². The van der Waals surface area contributed by atoms with Crippen LogP contribution in [-0.2, 0) is 18.3 Å². The van der Waals surface area contributed by atoms with E-state index in [1.807, 2.05) is 19.9 Å². The molecule has 0 heterocycles. The maximum absolute atomic E-state index is 6.06. The van der Waals surface area contributed by atoms with Crippen molar-refractivity contribution in [1.82, 2.24) is 0 Å². The van der Waals surface area contributed by atoms with E-state index in [-0.39, 0.29) is 11.5 Å². The van der Waals surface area contributed by atoms with Crippen molar-refractivity contribution in [1.29, 1.82) is 0 Å². The van der Waals surface area contributed by atoms with Gasteiger partial charge in [-0.05, 0) is 149 Å². The van der Waals surface area contributed by atoms with Crippen molar-refractivity contribution < 1.29 is 0 Å². The number of anilines is 1. The highest BCUT2D eigenvalue weighted by atomic mass is 15.2. The van der Waals surface area contributed by atoms with E-state index in [2.05, 4.69) is 235 Å². The van der Waals surface area contributed by atoms with Gasteiger partial charge in [-0.1, -0.05) is 210 Å². The Hall–Kier alpha value is -6.88. The lowest BCUT2D eigenvalue weighted by atomic mass is 9.69. The number of fused-ring (bicyclic) bond motifs is 2. The molecule has 2 aliphatic rings. The van der Waals surface area contributed by atoms with Gasteiger partial charge in [-0.15, -0.1) is 12.3 Å². The topological polar surface area (TPSA) is 3.24 Å². The van der Waals surface area contributed by atoms with Crippen LogP contribution in [0, 0.1) is 12.3 Å². The van der Waals surface area contributed by atoms with Crippen molar-refractivity contribution in [2.75, 3.05) is 4.90 Å². The molecule has 1 atom stereocenters. The van der Waals surface area contributed by atoms with E-state index in [0.29, 0.717) is 6.42 Å². The number of rotatable bonds is 18. The van der Waals surface area contributed by atoms with Crippen molar-refractivity contribution in [3.05, 3.63) is 233 Å². The molecule has 0 saturated heterocycles. The summed E-state index contributed by atoms with van der Waals surface area (Å²) in [5, 5.41) is 2.45. The lowest BCUT2D eigenvalue weighted by molar-refractivity contribution is 0.465. The van der Waals surface area contributed by atoms with Crippen LogP contribution in [0.3, 0.4) is 0 Å². The molecule has 0 radical (unpaired) electrons. The van der Waals surface area contributed by atoms with E-state index in [0.717, 1.165) is 49.8 Å². The minimum Gasteiger partial charge on any atom is -0.338 e. The monoisotopic (exact) mass is 878 g/mol. The number of terminal acetylenes is 1. The minimum atomic E-state index is -0.145. The highest BCUT2D eigenvalue weighted by molar-refractivity contribution is 6.08. The number of hydrogen-bond acceptors (Lipinski definition) is 1. The van der Waals surface area contributed by atoms with Crippen LogP contribution in [0.25, 0.3) is 45.7 Å². The zero-order valence-corrected chi connectivity index (χ0v) is 41.3. The molecular weight excluding hydrogens is 807 g/mol. The average molecular weight is 878 g/mol. The van der Waals surface area contributed by atoms with E-state index < -0.39 is 0 Å². The van der Waals surface area contributed by atoms with Gasteiger partial charge in [-0.3, -0.25) is 0 Å². The van der Waals surface area contributed by atoms with E-state index in [1.54, 1.807) is 0 Å². The number of nitrogens with zero attached hydrogens (tertiary/aromatic N) is 1. The fraction of sp³-hybridized carbons (Fsp3) is 0.242. The summed E-state index contributed by atoms with van der Waals surface area (Å²) >= 11 is 0. The maximum Gasteiger partial charge on any atom is 0.0491 e. The second-order valence-electron chi connectivity index (χ2n) is 17.4. The molecule has 0 saturated carbocycles. The molecule has 0 aromatic heterocycles. The summed E-state index contributed by atoms with van der Waals surface area (Å²) in [6.07, 6.45) is 43.5. The van der Waals surface area contributed by atoms with Gasteiger partial charge in [-0.25, -0.2) is 0 Å². The Morgan fingerprint density at radius 3 is 2.40 bits per heavy atom. The van der Waals surface area contributed by atoms with Gasteiger partial charge in [0.1, 0.15) is 0 Å².